The Labute approximate surface area is 212 Å². The third-order valence-corrected chi connectivity index (χ3v) is 12.0. The molecule has 1 heterocycles. The molecule has 35 heavy (non-hydrogen) atoms. The van der Waals surface area contributed by atoms with E-state index in [2.05, 4.69) is 152 Å². The molecule has 0 bridgehead atoms. The first-order chi connectivity index (χ1) is 17.4. The van der Waals surface area contributed by atoms with Crippen molar-refractivity contribution in [2.75, 3.05) is 0 Å². The summed E-state index contributed by atoms with van der Waals surface area (Å²) >= 11 is -1.92. The van der Waals surface area contributed by atoms with E-state index in [9.17, 15) is 0 Å². The van der Waals surface area contributed by atoms with Gasteiger partial charge in [-0.2, -0.15) is 0 Å². The first kappa shape index (κ1) is 21.7. The Bertz CT molecular complexity index is 1390. The third kappa shape index (κ3) is 4.12. The molecule has 1 aliphatic heterocycles. The Hall–Kier alpha value is -3.86. The molecule has 0 radical (unpaired) electrons. The SMILES string of the molecule is c1ccc(C2=C(c3ccccc3)[As](c3ccccc3)C(c3ccccc3)=C2c2ccccc2)cc1. The van der Waals surface area contributed by atoms with Gasteiger partial charge >= 0.3 is 213 Å². The van der Waals surface area contributed by atoms with Crippen molar-refractivity contribution < 1.29 is 0 Å². The van der Waals surface area contributed by atoms with Crippen molar-refractivity contribution in [3.63, 3.8) is 0 Å². The van der Waals surface area contributed by atoms with E-state index >= 15 is 0 Å². The van der Waals surface area contributed by atoms with Crippen LogP contribution in [0.1, 0.15) is 22.3 Å². The van der Waals surface area contributed by atoms with Crippen LogP contribution < -0.4 is 4.35 Å². The zero-order valence-corrected chi connectivity index (χ0v) is 21.3. The van der Waals surface area contributed by atoms with Crippen LogP contribution in [0.4, 0.5) is 0 Å². The molecule has 0 spiro atoms. The fraction of sp³-hybridized carbons (Fsp3) is 0. The summed E-state index contributed by atoms with van der Waals surface area (Å²) in [6.07, 6.45) is 0. The van der Waals surface area contributed by atoms with Crippen molar-refractivity contribution in [2.45, 2.75) is 0 Å². The van der Waals surface area contributed by atoms with E-state index in [0.29, 0.717) is 0 Å². The van der Waals surface area contributed by atoms with E-state index in [1.807, 2.05) is 0 Å². The molecule has 0 N–H and O–H groups in total. The van der Waals surface area contributed by atoms with Crippen molar-refractivity contribution >= 4 is 38.9 Å². The first-order valence-corrected chi connectivity index (χ1v) is 14.8. The van der Waals surface area contributed by atoms with E-state index in [1.165, 1.54) is 46.5 Å². The Morgan fingerprint density at radius 1 is 0.286 bits per heavy atom. The van der Waals surface area contributed by atoms with Crippen molar-refractivity contribution in [2.24, 2.45) is 0 Å². The second-order valence-corrected chi connectivity index (χ2v) is 12.9. The molecule has 0 saturated heterocycles. The molecule has 5 aromatic carbocycles. The van der Waals surface area contributed by atoms with Crippen LogP contribution in [0.5, 0.6) is 0 Å². The van der Waals surface area contributed by atoms with Crippen LogP contribution >= 0.6 is 0 Å². The molecule has 0 unspecified atom stereocenters. The number of hydrogen-bond donors (Lipinski definition) is 0. The fourth-order valence-electron chi connectivity index (χ4n) is 4.92. The summed E-state index contributed by atoms with van der Waals surface area (Å²) in [6.45, 7) is 0. The first-order valence-electron chi connectivity index (χ1n) is 12.0. The Morgan fingerprint density at radius 2 is 0.571 bits per heavy atom. The van der Waals surface area contributed by atoms with Gasteiger partial charge in [0.2, 0.25) is 0 Å². The van der Waals surface area contributed by atoms with E-state index in [0.717, 1.165) is 0 Å². The fourth-order valence-corrected chi connectivity index (χ4v) is 11.1. The molecule has 1 heteroatoms. The summed E-state index contributed by atoms with van der Waals surface area (Å²) in [6, 6.07) is 55.2. The van der Waals surface area contributed by atoms with E-state index in [-0.39, 0.29) is 0 Å². The van der Waals surface area contributed by atoms with E-state index in [1.54, 1.807) is 0 Å². The Morgan fingerprint density at radius 3 is 0.914 bits per heavy atom. The molecule has 0 fully saturated rings. The van der Waals surface area contributed by atoms with Crippen LogP contribution in [-0.4, -0.2) is 14.7 Å². The molecule has 0 saturated carbocycles. The second-order valence-electron chi connectivity index (χ2n) is 8.58. The van der Waals surface area contributed by atoms with Crippen molar-refractivity contribution in [1.82, 2.24) is 0 Å². The number of rotatable bonds is 5. The van der Waals surface area contributed by atoms with Gasteiger partial charge in [0.05, 0.1) is 0 Å². The van der Waals surface area contributed by atoms with Crippen LogP contribution in [0.25, 0.3) is 19.9 Å². The molecule has 5 aromatic rings. The quantitative estimate of drug-likeness (QED) is 0.214. The van der Waals surface area contributed by atoms with Crippen LogP contribution in [0, 0.1) is 0 Å². The van der Waals surface area contributed by atoms with Gasteiger partial charge < -0.3 is 0 Å². The molecule has 0 aromatic heterocycles. The summed E-state index contributed by atoms with van der Waals surface area (Å²) in [7, 11) is 0. The Balaban J connectivity index is 1.77. The van der Waals surface area contributed by atoms with E-state index in [4.69, 9.17) is 0 Å². The maximum absolute atomic E-state index is 2.34. The van der Waals surface area contributed by atoms with Crippen LogP contribution in [0.3, 0.4) is 0 Å². The molecule has 0 aliphatic carbocycles. The van der Waals surface area contributed by atoms with Gasteiger partial charge in [-0.05, 0) is 0 Å². The van der Waals surface area contributed by atoms with Crippen LogP contribution in [0.15, 0.2) is 152 Å². The summed E-state index contributed by atoms with van der Waals surface area (Å²) < 4.78 is 4.47. The monoisotopic (exact) mass is 508 g/mol. The van der Waals surface area contributed by atoms with Gasteiger partial charge in [-0.3, -0.25) is 0 Å². The minimum atomic E-state index is -1.92. The normalized spacial score (nSPS) is 13.9. The molecular formula is C34H25As. The van der Waals surface area contributed by atoms with Crippen LogP contribution in [0.2, 0.25) is 0 Å². The molecule has 1 aliphatic rings. The van der Waals surface area contributed by atoms with Gasteiger partial charge in [0.1, 0.15) is 0 Å². The van der Waals surface area contributed by atoms with Gasteiger partial charge in [-0.25, -0.2) is 0 Å². The number of hydrogen-bond acceptors (Lipinski definition) is 0. The van der Waals surface area contributed by atoms with Gasteiger partial charge in [0.15, 0.2) is 0 Å². The zero-order valence-electron chi connectivity index (χ0n) is 19.4. The maximum atomic E-state index is 2.34. The second kappa shape index (κ2) is 9.78. The molecular weight excluding hydrogens is 483 g/mol. The third-order valence-electron chi connectivity index (χ3n) is 6.40. The van der Waals surface area contributed by atoms with Crippen molar-refractivity contribution in [1.29, 1.82) is 0 Å². The molecule has 0 atom stereocenters. The summed E-state index contributed by atoms with van der Waals surface area (Å²) in [5, 5.41) is 0. The Kier molecular flexibility index (Phi) is 6.05. The molecule has 6 rings (SSSR count). The van der Waals surface area contributed by atoms with Crippen molar-refractivity contribution in [3.8, 4) is 0 Å². The standard InChI is InChI=1S/C34H25As/c1-6-16-26(17-7-1)31-32(27-18-8-2-9-19-27)34(29-22-12-4-13-23-29)35(30-24-14-5-15-25-30)33(31)28-20-10-3-11-21-28/h1-25H. The van der Waals surface area contributed by atoms with Crippen LogP contribution in [-0.2, 0) is 0 Å². The number of allylic oxidation sites excluding steroid dienone is 2. The van der Waals surface area contributed by atoms with Crippen molar-refractivity contribution in [3.05, 3.63) is 174 Å². The van der Waals surface area contributed by atoms with Gasteiger partial charge in [-0.1, -0.05) is 0 Å². The minimum absolute atomic E-state index is 1.28. The van der Waals surface area contributed by atoms with E-state index < -0.39 is 14.7 Å². The zero-order chi connectivity index (χ0) is 23.5. The van der Waals surface area contributed by atoms with Gasteiger partial charge in [0, 0.05) is 0 Å². The number of benzene rings is 5. The molecule has 0 nitrogen and oxygen atoms in total. The average Bonchev–Trinajstić information content (AvgIpc) is 3.32. The average molecular weight is 508 g/mol. The molecule has 0 amide bonds. The summed E-state index contributed by atoms with van der Waals surface area (Å²) in [4.78, 5) is 0. The summed E-state index contributed by atoms with van der Waals surface area (Å²) in [5.74, 6) is 0. The predicted octanol–water partition coefficient (Wildman–Crippen LogP) is 7.70. The topological polar surface area (TPSA) is 0 Å². The predicted molar refractivity (Wildman–Crippen MR) is 151 cm³/mol. The summed E-state index contributed by atoms with van der Waals surface area (Å²) in [5.41, 5.74) is 7.98. The molecule has 166 valence electrons. The van der Waals surface area contributed by atoms with Gasteiger partial charge in [-0.15, -0.1) is 0 Å². The van der Waals surface area contributed by atoms with Gasteiger partial charge in [0.25, 0.3) is 0 Å².